The predicted molar refractivity (Wildman–Crippen MR) is 94.6 cm³/mol. The molecule has 1 saturated carbocycles. The van der Waals surface area contributed by atoms with Crippen molar-refractivity contribution in [3.8, 4) is 0 Å². The third kappa shape index (κ3) is 3.76. The smallest absolute Gasteiger partial charge is 0.230 e. The maximum atomic E-state index is 6.04. The molecule has 0 atom stereocenters. The number of nitrogens with two attached hydrogens (primary N) is 1. The highest BCUT2D eigenvalue weighted by molar-refractivity contribution is 5.92. The molecular formula is C17H24N6. The van der Waals surface area contributed by atoms with E-state index in [9.17, 15) is 0 Å². The van der Waals surface area contributed by atoms with E-state index < -0.39 is 0 Å². The zero-order chi connectivity index (χ0) is 16.2. The third-order valence-electron chi connectivity index (χ3n) is 4.46. The summed E-state index contributed by atoms with van der Waals surface area (Å²) < 4.78 is 0. The molecule has 0 unspecified atom stereocenters. The number of aryl methyl sites for hydroxylation is 1. The monoisotopic (exact) mass is 312 g/mol. The fraction of sp³-hybridized carbons (Fsp3) is 0.471. The van der Waals surface area contributed by atoms with Gasteiger partial charge in [0.05, 0.1) is 17.3 Å². The van der Waals surface area contributed by atoms with Crippen LogP contribution in [0.5, 0.6) is 0 Å². The Hall–Kier alpha value is -2.21. The summed E-state index contributed by atoms with van der Waals surface area (Å²) in [4.78, 5) is 13.6. The number of aliphatic imine (C=N–C) groups is 1. The van der Waals surface area contributed by atoms with Crippen LogP contribution < -0.4 is 16.4 Å². The van der Waals surface area contributed by atoms with Gasteiger partial charge in [0.25, 0.3) is 0 Å². The summed E-state index contributed by atoms with van der Waals surface area (Å²) in [5.41, 5.74) is 7.88. The summed E-state index contributed by atoms with van der Waals surface area (Å²) in [6.45, 7) is 1.97. The van der Waals surface area contributed by atoms with E-state index in [-0.39, 0.29) is 6.04 Å². The van der Waals surface area contributed by atoms with Crippen LogP contribution in [0.1, 0.15) is 31.4 Å². The van der Waals surface area contributed by atoms with Gasteiger partial charge in [-0.25, -0.2) is 15.0 Å². The molecule has 122 valence electrons. The highest BCUT2D eigenvalue weighted by Crippen LogP contribution is 2.21. The van der Waals surface area contributed by atoms with Crippen LogP contribution in [0.3, 0.4) is 0 Å². The van der Waals surface area contributed by atoms with Gasteiger partial charge in [-0.1, -0.05) is 18.2 Å². The topological polar surface area (TPSA) is 88.2 Å². The molecule has 0 amide bonds. The quantitative estimate of drug-likeness (QED) is 0.597. The Labute approximate surface area is 136 Å². The molecule has 6 nitrogen and oxygen atoms in total. The van der Waals surface area contributed by atoms with Crippen molar-refractivity contribution in [2.75, 3.05) is 12.4 Å². The first kappa shape index (κ1) is 15.7. The van der Waals surface area contributed by atoms with E-state index in [1.54, 1.807) is 0 Å². The minimum atomic E-state index is 0.286. The molecule has 2 aromatic rings. The Bertz CT molecular complexity index is 703. The first-order valence-electron chi connectivity index (χ1n) is 8.16. The average molecular weight is 312 g/mol. The Balaban J connectivity index is 1.70. The number of anilines is 1. The zero-order valence-corrected chi connectivity index (χ0v) is 13.7. The highest BCUT2D eigenvalue weighted by Gasteiger charge is 2.19. The zero-order valence-electron chi connectivity index (χ0n) is 13.7. The number of hydrogen-bond donors (Lipinski definition) is 3. The maximum Gasteiger partial charge on any atom is 0.230 e. The van der Waals surface area contributed by atoms with E-state index >= 15 is 0 Å². The lowest BCUT2D eigenvalue weighted by Crippen LogP contribution is -2.33. The second kappa shape index (κ2) is 6.91. The number of nitrogens with zero attached hydrogens (tertiary/aromatic N) is 3. The summed E-state index contributed by atoms with van der Waals surface area (Å²) in [5.74, 6) is 0.902. The molecular weight excluding hydrogens is 288 g/mol. The van der Waals surface area contributed by atoms with Gasteiger partial charge in [-0.15, -0.1) is 0 Å². The van der Waals surface area contributed by atoms with Crippen molar-refractivity contribution in [1.29, 1.82) is 0 Å². The first-order valence-corrected chi connectivity index (χ1v) is 8.16. The number of aromatic nitrogens is 2. The fourth-order valence-electron chi connectivity index (χ4n) is 3.13. The molecule has 1 aromatic heterocycles. The maximum absolute atomic E-state index is 6.04. The Kier molecular flexibility index (Phi) is 4.71. The average Bonchev–Trinajstić information content (AvgIpc) is 2.55. The summed E-state index contributed by atoms with van der Waals surface area (Å²) in [5, 5.41) is 7.42. The van der Waals surface area contributed by atoms with Crippen LogP contribution in [-0.2, 0) is 0 Å². The number of rotatable bonds is 3. The lowest BCUT2D eigenvalue weighted by molar-refractivity contribution is 0.360. The minimum absolute atomic E-state index is 0.286. The van der Waals surface area contributed by atoms with Crippen molar-refractivity contribution < 1.29 is 0 Å². The van der Waals surface area contributed by atoms with E-state index in [2.05, 4.69) is 25.6 Å². The summed E-state index contributed by atoms with van der Waals surface area (Å²) in [6, 6.07) is 8.85. The fourth-order valence-corrected chi connectivity index (χ4v) is 3.13. The standard InChI is InChI=1S/C17H24N6/c1-11-14-5-3-4-6-15(14)22-17(20-11)23-16(18)21-13-9-7-12(19-2)8-10-13/h3-6,12-13,19H,7-10H2,1-2H3,(H3,18,20,21,22,23). The Morgan fingerprint density at radius 3 is 2.65 bits per heavy atom. The van der Waals surface area contributed by atoms with E-state index in [4.69, 9.17) is 5.73 Å². The van der Waals surface area contributed by atoms with E-state index in [0.29, 0.717) is 17.9 Å². The van der Waals surface area contributed by atoms with Gasteiger partial charge in [0.2, 0.25) is 5.95 Å². The second-order valence-corrected chi connectivity index (χ2v) is 6.08. The van der Waals surface area contributed by atoms with E-state index in [1.165, 1.54) is 0 Å². The molecule has 3 rings (SSSR count). The van der Waals surface area contributed by atoms with Gasteiger partial charge in [-0.3, -0.25) is 5.32 Å². The lowest BCUT2D eigenvalue weighted by atomic mass is 9.92. The van der Waals surface area contributed by atoms with Crippen LogP contribution in [0.2, 0.25) is 0 Å². The number of hydrogen-bond acceptors (Lipinski definition) is 4. The SMILES string of the molecule is CNC1CCC(N=C(N)Nc2nc(C)c3ccccc3n2)CC1. The molecule has 1 aliphatic carbocycles. The van der Waals surface area contributed by atoms with Gasteiger partial charge < -0.3 is 11.1 Å². The van der Waals surface area contributed by atoms with Crippen molar-refractivity contribution >= 4 is 22.8 Å². The normalized spacial score (nSPS) is 22.3. The molecule has 1 aromatic carbocycles. The molecule has 1 fully saturated rings. The number of para-hydroxylation sites is 1. The minimum Gasteiger partial charge on any atom is -0.370 e. The molecule has 0 saturated heterocycles. The number of guanidine groups is 1. The van der Waals surface area contributed by atoms with Crippen LogP contribution in [0.25, 0.3) is 10.9 Å². The molecule has 0 bridgehead atoms. The van der Waals surface area contributed by atoms with Crippen molar-refractivity contribution in [2.24, 2.45) is 10.7 Å². The molecule has 1 heterocycles. The highest BCUT2D eigenvalue weighted by atomic mass is 15.2. The van der Waals surface area contributed by atoms with Gasteiger partial charge >= 0.3 is 0 Å². The number of benzene rings is 1. The molecule has 0 spiro atoms. The molecule has 6 heteroatoms. The van der Waals surface area contributed by atoms with Crippen LogP contribution in [0.15, 0.2) is 29.3 Å². The van der Waals surface area contributed by atoms with Gasteiger partial charge in [0.15, 0.2) is 5.96 Å². The van der Waals surface area contributed by atoms with Gasteiger partial charge in [0.1, 0.15) is 0 Å². The predicted octanol–water partition coefficient (Wildman–Crippen LogP) is 2.20. The molecule has 0 aliphatic heterocycles. The largest absolute Gasteiger partial charge is 0.370 e. The molecule has 4 N–H and O–H groups in total. The van der Waals surface area contributed by atoms with Gasteiger partial charge in [0, 0.05) is 11.4 Å². The van der Waals surface area contributed by atoms with Crippen LogP contribution in [0.4, 0.5) is 5.95 Å². The van der Waals surface area contributed by atoms with E-state index in [0.717, 1.165) is 42.3 Å². The van der Waals surface area contributed by atoms with Crippen molar-refractivity contribution in [1.82, 2.24) is 15.3 Å². The second-order valence-electron chi connectivity index (χ2n) is 6.08. The van der Waals surface area contributed by atoms with Crippen LogP contribution in [0, 0.1) is 6.92 Å². The van der Waals surface area contributed by atoms with E-state index in [1.807, 2.05) is 38.2 Å². The summed E-state index contributed by atoms with van der Waals surface area (Å²) >= 11 is 0. The number of fused-ring (bicyclic) bond motifs is 1. The summed E-state index contributed by atoms with van der Waals surface area (Å²) in [7, 11) is 2.02. The van der Waals surface area contributed by atoms with Crippen molar-refractivity contribution in [3.63, 3.8) is 0 Å². The Morgan fingerprint density at radius 2 is 1.91 bits per heavy atom. The van der Waals surface area contributed by atoms with Gasteiger partial charge in [-0.2, -0.15) is 0 Å². The summed E-state index contributed by atoms with van der Waals surface area (Å²) in [6.07, 6.45) is 4.41. The molecule has 23 heavy (non-hydrogen) atoms. The first-order chi connectivity index (χ1) is 11.2. The van der Waals surface area contributed by atoms with Crippen LogP contribution in [-0.4, -0.2) is 35.1 Å². The van der Waals surface area contributed by atoms with Crippen molar-refractivity contribution in [2.45, 2.75) is 44.7 Å². The Morgan fingerprint density at radius 1 is 1.17 bits per heavy atom. The molecule has 1 aliphatic rings. The van der Waals surface area contributed by atoms with Gasteiger partial charge in [-0.05, 0) is 45.7 Å². The van der Waals surface area contributed by atoms with Crippen LogP contribution >= 0.6 is 0 Å². The third-order valence-corrected chi connectivity index (χ3v) is 4.46. The van der Waals surface area contributed by atoms with Crippen molar-refractivity contribution in [3.05, 3.63) is 30.0 Å². The lowest BCUT2D eigenvalue weighted by Gasteiger charge is -2.26. The number of nitrogens with one attached hydrogen (secondary N) is 2. The molecule has 0 radical (unpaired) electrons.